The molecule has 0 saturated carbocycles. The Hall–Kier alpha value is -1.87. The Bertz CT molecular complexity index is 483. The SMILES string of the molecule is C=Cc1ccc(OC(=O)c2cccs2)cc1. The van der Waals surface area contributed by atoms with Gasteiger partial charge in [-0.05, 0) is 29.1 Å². The molecule has 0 aliphatic carbocycles. The van der Waals surface area contributed by atoms with Crippen LogP contribution in [0, 0.1) is 0 Å². The van der Waals surface area contributed by atoms with Crippen molar-refractivity contribution in [1.82, 2.24) is 0 Å². The lowest BCUT2D eigenvalue weighted by molar-refractivity contribution is 0.0740. The quantitative estimate of drug-likeness (QED) is 0.594. The largest absolute Gasteiger partial charge is 0.422 e. The maximum absolute atomic E-state index is 11.6. The summed E-state index contributed by atoms with van der Waals surface area (Å²) in [5, 5.41) is 1.84. The van der Waals surface area contributed by atoms with Crippen LogP contribution < -0.4 is 4.74 Å². The molecule has 2 rings (SSSR count). The molecule has 0 bridgehead atoms. The molecule has 1 aromatic carbocycles. The van der Waals surface area contributed by atoms with Crippen LogP contribution in [0.4, 0.5) is 0 Å². The van der Waals surface area contributed by atoms with Gasteiger partial charge < -0.3 is 4.74 Å². The van der Waals surface area contributed by atoms with E-state index < -0.39 is 0 Å². The van der Waals surface area contributed by atoms with Gasteiger partial charge in [-0.1, -0.05) is 30.9 Å². The summed E-state index contributed by atoms with van der Waals surface area (Å²) in [4.78, 5) is 12.2. The average molecular weight is 230 g/mol. The zero-order chi connectivity index (χ0) is 11.4. The highest BCUT2D eigenvalue weighted by molar-refractivity contribution is 7.12. The molecular formula is C13H10O2S. The third kappa shape index (κ3) is 2.38. The Morgan fingerprint density at radius 2 is 2.00 bits per heavy atom. The van der Waals surface area contributed by atoms with Crippen molar-refractivity contribution in [3.05, 3.63) is 58.8 Å². The van der Waals surface area contributed by atoms with Gasteiger partial charge in [-0.3, -0.25) is 0 Å². The van der Waals surface area contributed by atoms with Crippen molar-refractivity contribution in [2.45, 2.75) is 0 Å². The Morgan fingerprint density at radius 1 is 1.25 bits per heavy atom. The zero-order valence-corrected chi connectivity index (χ0v) is 9.37. The van der Waals surface area contributed by atoms with Gasteiger partial charge in [0.25, 0.3) is 0 Å². The molecule has 0 radical (unpaired) electrons. The minimum atomic E-state index is -0.318. The monoisotopic (exact) mass is 230 g/mol. The number of carbonyl (C=O) groups excluding carboxylic acids is 1. The normalized spacial score (nSPS) is 9.75. The van der Waals surface area contributed by atoms with Crippen LogP contribution in [0.5, 0.6) is 5.75 Å². The third-order valence-electron chi connectivity index (χ3n) is 2.05. The van der Waals surface area contributed by atoms with Gasteiger partial charge in [0.2, 0.25) is 0 Å². The number of thiophene rings is 1. The molecule has 2 aromatic rings. The molecule has 1 heterocycles. The lowest BCUT2D eigenvalue weighted by atomic mass is 10.2. The Balaban J connectivity index is 2.09. The van der Waals surface area contributed by atoms with E-state index in [1.54, 1.807) is 24.3 Å². The number of hydrogen-bond acceptors (Lipinski definition) is 3. The van der Waals surface area contributed by atoms with Gasteiger partial charge in [0.1, 0.15) is 10.6 Å². The average Bonchev–Trinajstić information content (AvgIpc) is 2.83. The van der Waals surface area contributed by atoms with Gasteiger partial charge in [0.05, 0.1) is 0 Å². The van der Waals surface area contributed by atoms with E-state index in [4.69, 9.17) is 4.74 Å². The van der Waals surface area contributed by atoms with Crippen LogP contribution in [0.25, 0.3) is 6.08 Å². The molecule has 0 unspecified atom stereocenters. The van der Waals surface area contributed by atoms with Crippen molar-refractivity contribution in [1.29, 1.82) is 0 Å². The van der Waals surface area contributed by atoms with Crippen molar-refractivity contribution >= 4 is 23.4 Å². The summed E-state index contributed by atoms with van der Waals surface area (Å²) in [5.41, 5.74) is 0.996. The Morgan fingerprint density at radius 3 is 2.56 bits per heavy atom. The number of ether oxygens (including phenoxy) is 1. The van der Waals surface area contributed by atoms with Crippen LogP contribution in [0.15, 0.2) is 48.4 Å². The maximum Gasteiger partial charge on any atom is 0.353 e. The molecule has 16 heavy (non-hydrogen) atoms. The molecule has 0 saturated heterocycles. The van der Waals surface area contributed by atoms with Crippen molar-refractivity contribution in [3.63, 3.8) is 0 Å². The summed E-state index contributed by atoms with van der Waals surface area (Å²) in [6, 6.07) is 10.8. The number of rotatable bonds is 3. The molecule has 3 heteroatoms. The second kappa shape index (κ2) is 4.77. The van der Waals surface area contributed by atoms with E-state index in [1.807, 2.05) is 23.6 Å². The first-order chi connectivity index (χ1) is 7.79. The predicted octanol–water partition coefficient (Wildman–Crippen LogP) is 3.61. The van der Waals surface area contributed by atoms with Gasteiger partial charge >= 0.3 is 5.97 Å². The van der Waals surface area contributed by atoms with Crippen molar-refractivity contribution in [2.24, 2.45) is 0 Å². The van der Waals surface area contributed by atoms with E-state index in [0.717, 1.165) is 5.56 Å². The topological polar surface area (TPSA) is 26.3 Å². The highest BCUT2D eigenvalue weighted by Crippen LogP contribution is 2.16. The van der Waals surface area contributed by atoms with E-state index in [2.05, 4.69) is 6.58 Å². The summed E-state index contributed by atoms with van der Waals surface area (Å²) in [5.74, 6) is 0.227. The van der Waals surface area contributed by atoms with E-state index >= 15 is 0 Å². The first-order valence-corrected chi connectivity index (χ1v) is 5.66. The fourth-order valence-corrected chi connectivity index (χ4v) is 1.82. The molecular weight excluding hydrogens is 220 g/mol. The van der Waals surface area contributed by atoms with Crippen LogP contribution >= 0.6 is 11.3 Å². The van der Waals surface area contributed by atoms with E-state index in [0.29, 0.717) is 10.6 Å². The van der Waals surface area contributed by atoms with Gasteiger partial charge in [0.15, 0.2) is 0 Å². The third-order valence-corrected chi connectivity index (χ3v) is 2.90. The lowest BCUT2D eigenvalue weighted by Crippen LogP contribution is -2.05. The molecule has 0 fully saturated rings. The Kier molecular flexibility index (Phi) is 3.17. The van der Waals surface area contributed by atoms with Crippen molar-refractivity contribution < 1.29 is 9.53 Å². The number of benzene rings is 1. The number of esters is 1. The standard InChI is InChI=1S/C13H10O2S/c1-2-10-5-7-11(8-6-10)15-13(14)12-4-3-9-16-12/h2-9H,1H2. The molecule has 0 N–H and O–H groups in total. The van der Waals surface area contributed by atoms with Crippen molar-refractivity contribution in [3.8, 4) is 5.75 Å². The first kappa shape index (κ1) is 10.6. The van der Waals surface area contributed by atoms with Gasteiger partial charge in [0, 0.05) is 0 Å². The fraction of sp³-hybridized carbons (Fsp3) is 0. The predicted molar refractivity (Wildman–Crippen MR) is 65.8 cm³/mol. The van der Waals surface area contributed by atoms with Gasteiger partial charge in [-0.2, -0.15) is 0 Å². The summed E-state index contributed by atoms with van der Waals surface area (Å²) in [6.45, 7) is 3.66. The molecule has 0 amide bonds. The number of hydrogen-bond donors (Lipinski definition) is 0. The summed E-state index contributed by atoms with van der Waals surface area (Å²) >= 11 is 1.37. The molecule has 1 aromatic heterocycles. The summed E-state index contributed by atoms with van der Waals surface area (Å²) in [6.07, 6.45) is 1.74. The molecule has 80 valence electrons. The molecule has 0 aliphatic heterocycles. The van der Waals surface area contributed by atoms with E-state index in [1.165, 1.54) is 11.3 Å². The van der Waals surface area contributed by atoms with Crippen LogP contribution in [-0.4, -0.2) is 5.97 Å². The lowest BCUT2D eigenvalue weighted by Gasteiger charge is -2.02. The first-order valence-electron chi connectivity index (χ1n) is 4.78. The zero-order valence-electron chi connectivity index (χ0n) is 8.55. The minimum absolute atomic E-state index is 0.318. The van der Waals surface area contributed by atoms with Gasteiger partial charge in [-0.25, -0.2) is 4.79 Å². The van der Waals surface area contributed by atoms with Crippen LogP contribution in [0.1, 0.15) is 15.2 Å². The molecule has 0 aliphatic rings. The second-order valence-corrected chi connectivity index (χ2v) is 4.09. The second-order valence-electron chi connectivity index (χ2n) is 3.14. The minimum Gasteiger partial charge on any atom is -0.422 e. The van der Waals surface area contributed by atoms with Gasteiger partial charge in [-0.15, -0.1) is 11.3 Å². The van der Waals surface area contributed by atoms with Crippen LogP contribution in [0.3, 0.4) is 0 Å². The molecule has 2 nitrogen and oxygen atoms in total. The summed E-state index contributed by atoms with van der Waals surface area (Å²) < 4.78 is 5.20. The Labute approximate surface area is 97.8 Å². The van der Waals surface area contributed by atoms with Crippen LogP contribution in [0.2, 0.25) is 0 Å². The molecule has 0 atom stereocenters. The fourth-order valence-electron chi connectivity index (χ4n) is 1.22. The van der Waals surface area contributed by atoms with Crippen LogP contribution in [-0.2, 0) is 0 Å². The highest BCUT2D eigenvalue weighted by Gasteiger charge is 2.08. The van der Waals surface area contributed by atoms with Crippen molar-refractivity contribution in [2.75, 3.05) is 0 Å². The smallest absolute Gasteiger partial charge is 0.353 e. The molecule has 0 spiro atoms. The maximum atomic E-state index is 11.6. The number of carbonyl (C=O) groups is 1. The van der Waals surface area contributed by atoms with E-state index in [-0.39, 0.29) is 5.97 Å². The van der Waals surface area contributed by atoms with E-state index in [9.17, 15) is 4.79 Å². The highest BCUT2D eigenvalue weighted by atomic mass is 32.1. The summed E-state index contributed by atoms with van der Waals surface area (Å²) in [7, 11) is 0.